The van der Waals surface area contributed by atoms with Crippen LogP contribution in [0.4, 0.5) is 4.79 Å². The Bertz CT molecular complexity index is 686. The highest BCUT2D eigenvalue weighted by atomic mass is 16.3. The van der Waals surface area contributed by atoms with Crippen LogP contribution in [0.15, 0.2) is 42.7 Å². The van der Waals surface area contributed by atoms with Gasteiger partial charge in [0, 0.05) is 38.4 Å². The van der Waals surface area contributed by atoms with Gasteiger partial charge in [0.1, 0.15) is 5.82 Å². The molecule has 0 saturated carbocycles. The Balaban J connectivity index is 1.51. The molecular weight excluding hydrogens is 316 g/mol. The van der Waals surface area contributed by atoms with Gasteiger partial charge in [0.05, 0.1) is 12.6 Å². The maximum atomic E-state index is 12.3. The second-order valence-electron chi connectivity index (χ2n) is 6.65. The first kappa shape index (κ1) is 17.5. The van der Waals surface area contributed by atoms with Gasteiger partial charge in [-0.2, -0.15) is 0 Å². The number of benzene rings is 1. The van der Waals surface area contributed by atoms with E-state index < -0.39 is 0 Å². The van der Waals surface area contributed by atoms with Crippen LogP contribution in [0.2, 0.25) is 0 Å². The number of carbonyl (C=O) groups excluding carboxylic acids is 1. The molecule has 6 nitrogen and oxygen atoms in total. The summed E-state index contributed by atoms with van der Waals surface area (Å²) in [5.41, 5.74) is 1.22. The normalized spacial score (nSPS) is 20.0. The van der Waals surface area contributed by atoms with Gasteiger partial charge in [-0.05, 0) is 17.9 Å². The van der Waals surface area contributed by atoms with Crippen LogP contribution >= 0.6 is 0 Å². The Hall–Kier alpha value is -2.34. The maximum absolute atomic E-state index is 12.3. The molecule has 0 aliphatic carbocycles. The molecule has 0 spiro atoms. The highest BCUT2D eigenvalue weighted by Gasteiger charge is 2.33. The zero-order valence-electron chi connectivity index (χ0n) is 14.6. The second-order valence-corrected chi connectivity index (χ2v) is 6.65. The number of hydrogen-bond acceptors (Lipinski definition) is 3. The number of aliphatic hydroxyl groups excluding tert-OH is 1. The van der Waals surface area contributed by atoms with Gasteiger partial charge in [-0.3, -0.25) is 0 Å². The van der Waals surface area contributed by atoms with Gasteiger partial charge >= 0.3 is 6.03 Å². The Morgan fingerprint density at radius 3 is 2.92 bits per heavy atom. The summed E-state index contributed by atoms with van der Waals surface area (Å²) in [7, 11) is 0. The van der Waals surface area contributed by atoms with Crippen molar-refractivity contribution in [3.05, 3.63) is 54.1 Å². The third kappa shape index (κ3) is 4.20. The number of rotatable bonds is 6. The molecule has 2 unspecified atom stereocenters. The van der Waals surface area contributed by atoms with Crippen LogP contribution in [-0.4, -0.2) is 51.3 Å². The van der Waals surface area contributed by atoms with Gasteiger partial charge in [0.2, 0.25) is 0 Å². The zero-order chi connectivity index (χ0) is 17.6. The summed E-state index contributed by atoms with van der Waals surface area (Å²) in [5, 5.41) is 12.4. The first-order valence-corrected chi connectivity index (χ1v) is 8.88. The molecule has 6 heteroatoms. The van der Waals surface area contributed by atoms with E-state index in [2.05, 4.69) is 33.9 Å². The summed E-state index contributed by atoms with van der Waals surface area (Å²) < 4.78 is 2.11. The predicted molar refractivity (Wildman–Crippen MR) is 96.2 cm³/mol. The molecule has 0 bridgehead atoms. The van der Waals surface area contributed by atoms with Gasteiger partial charge in [-0.25, -0.2) is 9.78 Å². The fourth-order valence-electron chi connectivity index (χ4n) is 3.41. The molecule has 1 aromatic heterocycles. The summed E-state index contributed by atoms with van der Waals surface area (Å²) in [5.74, 6) is 1.30. The van der Waals surface area contributed by atoms with Crippen molar-refractivity contribution < 1.29 is 9.90 Å². The number of urea groups is 1. The average Bonchev–Trinajstić information content (AvgIpc) is 3.22. The quantitative estimate of drug-likeness (QED) is 0.842. The molecule has 25 heavy (non-hydrogen) atoms. The molecule has 2 atom stereocenters. The highest BCUT2D eigenvalue weighted by Crippen LogP contribution is 2.23. The molecule has 2 heterocycles. The van der Waals surface area contributed by atoms with Crippen molar-refractivity contribution in [1.29, 1.82) is 0 Å². The predicted octanol–water partition coefficient (Wildman–Crippen LogP) is 1.89. The largest absolute Gasteiger partial charge is 0.394 e. The lowest BCUT2D eigenvalue weighted by Gasteiger charge is -2.25. The molecule has 1 aliphatic rings. The number of carbonyl (C=O) groups is 1. The van der Waals surface area contributed by atoms with Gasteiger partial charge < -0.3 is 19.9 Å². The van der Waals surface area contributed by atoms with Crippen LogP contribution in [0.3, 0.4) is 0 Å². The highest BCUT2D eigenvalue weighted by molar-refractivity contribution is 5.74. The summed E-state index contributed by atoms with van der Waals surface area (Å²) in [4.78, 5) is 18.5. The fraction of sp³-hybridized carbons (Fsp3) is 0.474. The SMILES string of the molecule is CC1CCN(C(=O)NCCc2nccn2Cc2ccccc2)C1CO. The van der Waals surface area contributed by atoms with Crippen molar-refractivity contribution in [2.45, 2.75) is 32.4 Å². The van der Waals surface area contributed by atoms with Gasteiger partial charge in [0.15, 0.2) is 0 Å². The van der Waals surface area contributed by atoms with Crippen LogP contribution in [0, 0.1) is 5.92 Å². The Morgan fingerprint density at radius 1 is 1.36 bits per heavy atom. The molecule has 2 aromatic rings. The van der Waals surface area contributed by atoms with Crippen LogP contribution in [0.25, 0.3) is 0 Å². The minimum Gasteiger partial charge on any atom is -0.394 e. The smallest absolute Gasteiger partial charge is 0.317 e. The summed E-state index contributed by atoms with van der Waals surface area (Å²) in [6.07, 6.45) is 5.39. The molecule has 2 N–H and O–H groups in total. The van der Waals surface area contributed by atoms with Crippen molar-refractivity contribution in [2.24, 2.45) is 5.92 Å². The molecular formula is C19H26N4O2. The number of imidazole rings is 1. The number of hydrogen-bond donors (Lipinski definition) is 2. The summed E-state index contributed by atoms with van der Waals surface area (Å²) in [6, 6.07) is 10.1. The number of nitrogens with zero attached hydrogens (tertiary/aromatic N) is 3. The second kappa shape index (κ2) is 8.16. The topological polar surface area (TPSA) is 70.4 Å². The van der Waals surface area contributed by atoms with Crippen molar-refractivity contribution in [2.75, 3.05) is 19.7 Å². The molecule has 1 saturated heterocycles. The minimum absolute atomic E-state index is 0.0239. The third-order valence-corrected chi connectivity index (χ3v) is 4.95. The minimum atomic E-state index is -0.0930. The van der Waals surface area contributed by atoms with Gasteiger partial charge in [0.25, 0.3) is 0 Å². The molecule has 1 fully saturated rings. The lowest BCUT2D eigenvalue weighted by atomic mass is 10.0. The Labute approximate surface area is 148 Å². The van der Waals surface area contributed by atoms with Crippen molar-refractivity contribution >= 4 is 6.03 Å². The zero-order valence-corrected chi connectivity index (χ0v) is 14.6. The van der Waals surface area contributed by atoms with Crippen LogP contribution in [0.5, 0.6) is 0 Å². The van der Waals surface area contributed by atoms with Crippen molar-refractivity contribution in [1.82, 2.24) is 19.8 Å². The first-order valence-electron chi connectivity index (χ1n) is 8.88. The van der Waals surface area contributed by atoms with Crippen LogP contribution in [0.1, 0.15) is 24.7 Å². The number of aliphatic hydroxyl groups is 1. The van der Waals surface area contributed by atoms with E-state index in [1.165, 1.54) is 5.56 Å². The number of amides is 2. The Morgan fingerprint density at radius 2 is 2.16 bits per heavy atom. The summed E-state index contributed by atoms with van der Waals surface area (Å²) >= 11 is 0. The fourth-order valence-corrected chi connectivity index (χ4v) is 3.41. The number of likely N-dealkylation sites (tertiary alicyclic amines) is 1. The van der Waals surface area contributed by atoms with E-state index in [1.54, 1.807) is 11.1 Å². The molecule has 1 aliphatic heterocycles. The van der Waals surface area contributed by atoms with Crippen LogP contribution in [-0.2, 0) is 13.0 Å². The lowest BCUT2D eigenvalue weighted by molar-refractivity contribution is 0.144. The van der Waals surface area contributed by atoms with E-state index in [-0.39, 0.29) is 18.7 Å². The lowest BCUT2D eigenvalue weighted by Crippen LogP contribution is -2.46. The van der Waals surface area contributed by atoms with E-state index in [1.807, 2.05) is 24.4 Å². The van der Waals surface area contributed by atoms with E-state index in [0.717, 1.165) is 18.8 Å². The third-order valence-electron chi connectivity index (χ3n) is 4.95. The summed E-state index contributed by atoms with van der Waals surface area (Å²) in [6.45, 7) is 4.12. The molecule has 134 valence electrons. The van der Waals surface area contributed by atoms with Crippen molar-refractivity contribution in [3.63, 3.8) is 0 Å². The van der Waals surface area contributed by atoms with E-state index >= 15 is 0 Å². The van der Waals surface area contributed by atoms with Crippen molar-refractivity contribution in [3.8, 4) is 0 Å². The van der Waals surface area contributed by atoms with Gasteiger partial charge in [-0.15, -0.1) is 0 Å². The van der Waals surface area contributed by atoms with E-state index in [4.69, 9.17) is 0 Å². The molecule has 1 aromatic carbocycles. The average molecular weight is 342 g/mol. The van der Waals surface area contributed by atoms with E-state index in [0.29, 0.717) is 25.4 Å². The standard InChI is InChI=1S/C19H26N4O2/c1-15-8-11-23(17(15)14-24)19(25)21-9-7-18-20-10-12-22(18)13-16-5-3-2-4-6-16/h2-6,10,12,15,17,24H,7-9,11,13-14H2,1H3,(H,21,25). The van der Waals surface area contributed by atoms with Crippen LogP contribution < -0.4 is 5.32 Å². The first-order chi connectivity index (χ1) is 12.2. The van der Waals surface area contributed by atoms with Gasteiger partial charge in [-0.1, -0.05) is 37.3 Å². The number of nitrogens with one attached hydrogen (secondary N) is 1. The van der Waals surface area contributed by atoms with E-state index in [9.17, 15) is 9.90 Å². The molecule has 0 radical (unpaired) electrons. The monoisotopic (exact) mass is 342 g/mol. The Kier molecular flexibility index (Phi) is 5.71. The molecule has 2 amide bonds. The maximum Gasteiger partial charge on any atom is 0.317 e. The number of aromatic nitrogens is 2. The molecule has 3 rings (SSSR count).